The summed E-state index contributed by atoms with van der Waals surface area (Å²) in [4.78, 5) is 11.4. The zero-order valence-electron chi connectivity index (χ0n) is 6.12. The van der Waals surface area contributed by atoms with Crippen LogP contribution in [0.4, 0.5) is 0 Å². The molecular formula is C7H7BrO2S2. The van der Waals surface area contributed by atoms with Gasteiger partial charge in [0.25, 0.3) is 0 Å². The molecular weight excluding hydrogens is 260 g/mol. The maximum Gasteiger partial charge on any atom is 0.313 e. The van der Waals surface area contributed by atoms with Crippen molar-refractivity contribution < 1.29 is 9.90 Å². The second-order valence-electron chi connectivity index (χ2n) is 2.12. The Balaban J connectivity index is 2.29. The van der Waals surface area contributed by atoms with E-state index in [-0.39, 0.29) is 5.75 Å². The quantitative estimate of drug-likeness (QED) is 0.911. The number of carbonyl (C=O) groups is 1. The molecule has 1 heterocycles. The maximum atomic E-state index is 10.2. The predicted molar refractivity (Wildman–Crippen MR) is 55.8 cm³/mol. The van der Waals surface area contributed by atoms with Gasteiger partial charge in [-0.3, -0.25) is 4.79 Å². The lowest BCUT2D eigenvalue weighted by Crippen LogP contribution is -1.97. The van der Waals surface area contributed by atoms with Crippen molar-refractivity contribution >= 4 is 45.0 Å². The average molecular weight is 267 g/mol. The van der Waals surface area contributed by atoms with Crippen LogP contribution < -0.4 is 0 Å². The highest BCUT2D eigenvalue weighted by atomic mass is 79.9. The number of carboxylic acids is 1. The lowest BCUT2D eigenvalue weighted by Gasteiger charge is -1.93. The van der Waals surface area contributed by atoms with Crippen LogP contribution in [0.2, 0.25) is 0 Å². The molecule has 0 saturated carbocycles. The minimum absolute atomic E-state index is 0.176. The van der Waals surface area contributed by atoms with E-state index in [1.54, 1.807) is 11.3 Å². The molecule has 0 radical (unpaired) electrons. The Morgan fingerprint density at radius 1 is 1.75 bits per heavy atom. The molecule has 0 saturated heterocycles. The van der Waals surface area contributed by atoms with Crippen LogP contribution in [0.15, 0.2) is 15.9 Å². The molecule has 66 valence electrons. The number of rotatable bonds is 4. The summed E-state index contributed by atoms with van der Waals surface area (Å²) < 4.78 is 1.07. The van der Waals surface area contributed by atoms with Crippen molar-refractivity contribution in [2.24, 2.45) is 0 Å². The van der Waals surface area contributed by atoms with Gasteiger partial charge in [0, 0.05) is 20.5 Å². The van der Waals surface area contributed by atoms with Gasteiger partial charge in [0.2, 0.25) is 0 Å². The molecule has 1 aromatic rings. The topological polar surface area (TPSA) is 37.3 Å². The Hall–Kier alpha value is -0.0000000000000000833. The largest absolute Gasteiger partial charge is 0.481 e. The molecule has 0 fully saturated rings. The van der Waals surface area contributed by atoms with Crippen LogP contribution in [0.25, 0.3) is 0 Å². The molecule has 0 aliphatic rings. The van der Waals surface area contributed by atoms with E-state index in [1.165, 1.54) is 16.6 Å². The number of carboxylic acid groups (broad SMARTS) is 1. The lowest BCUT2D eigenvalue weighted by atomic mass is 10.5. The average Bonchev–Trinajstić information content (AvgIpc) is 2.35. The van der Waals surface area contributed by atoms with Crippen LogP contribution in [-0.2, 0) is 10.5 Å². The van der Waals surface area contributed by atoms with Crippen molar-refractivity contribution in [1.29, 1.82) is 0 Å². The van der Waals surface area contributed by atoms with Gasteiger partial charge in [-0.15, -0.1) is 23.1 Å². The second-order valence-corrected chi connectivity index (χ2v) is 5.01. The molecule has 0 spiro atoms. The number of hydrogen-bond donors (Lipinski definition) is 1. The lowest BCUT2D eigenvalue weighted by molar-refractivity contribution is -0.133. The fourth-order valence-electron chi connectivity index (χ4n) is 0.668. The van der Waals surface area contributed by atoms with Gasteiger partial charge in [-0.1, -0.05) is 0 Å². The smallest absolute Gasteiger partial charge is 0.313 e. The Kier molecular flexibility index (Phi) is 4.11. The minimum Gasteiger partial charge on any atom is -0.481 e. The van der Waals surface area contributed by atoms with Gasteiger partial charge < -0.3 is 5.11 Å². The molecule has 0 unspecified atom stereocenters. The van der Waals surface area contributed by atoms with Crippen LogP contribution in [0.5, 0.6) is 0 Å². The van der Waals surface area contributed by atoms with Crippen molar-refractivity contribution in [3.8, 4) is 0 Å². The number of aliphatic carboxylic acids is 1. The van der Waals surface area contributed by atoms with E-state index in [9.17, 15) is 4.79 Å². The first-order valence-electron chi connectivity index (χ1n) is 3.21. The first-order chi connectivity index (χ1) is 5.68. The highest BCUT2D eigenvalue weighted by Crippen LogP contribution is 2.23. The van der Waals surface area contributed by atoms with Crippen LogP contribution in [0.1, 0.15) is 4.88 Å². The van der Waals surface area contributed by atoms with Crippen molar-refractivity contribution in [3.63, 3.8) is 0 Å². The van der Waals surface area contributed by atoms with Crippen LogP contribution >= 0.6 is 39.0 Å². The minimum atomic E-state index is -0.754. The Morgan fingerprint density at radius 2 is 2.50 bits per heavy atom. The predicted octanol–water partition coefficient (Wildman–Crippen LogP) is 2.83. The molecule has 0 aliphatic carbocycles. The van der Waals surface area contributed by atoms with Gasteiger partial charge in [0.1, 0.15) is 0 Å². The number of halogens is 1. The molecule has 0 aromatic carbocycles. The van der Waals surface area contributed by atoms with E-state index in [0.29, 0.717) is 0 Å². The van der Waals surface area contributed by atoms with E-state index >= 15 is 0 Å². The summed E-state index contributed by atoms with van der Waals surface area (Å²) in [6.45, 7) is 0. The summed E-state index contributed by atoms with van der Waals surface area (Å²) in [5, 5.41) is 10.4. The third kappa shape index (κ3) is 3.60. The highest BCUT2D eigenvalue weighted by Gasteiger charge is 2.00. The highest BCUT2D eigenvalue weighted by molar-refractivity contribution is 9.10. The Bertz CT molecular complexity index is 272. The third-order valence-corrected chi connectivity index (χ3v) is 3.94. The molecule has 0 atom stereocenters. The van der Waals surface area contributed by atoms with Gasteiger partial charge in [-0.05, 0) is 22.0 Å². The fourth-order valence-corrected chi connectivity index (χ4v) is 2.99. The summed E-state index contributed by atoms with van der Waals surface area (Å²) in [6, 6.07) is 2.01. The Morgan fingerprint density at radius 3 is 3.00 bits per heavy atom. The van der Waals surface area contributed by atoms with Crippen molar-refractivity contribution in [2.45, 2.75) is 5.75 Å². The standard InChI is InChI=1S/C7H7BrO2S2/c8-5-1-6(12-2-5)3-11-4-7(9)10/h1-2H,3-4H2,(H,9,10). The molecule has 0 amide bonds. The molecule has 0 aliphatic heterocycles. The molecule has 1 N–H and O–H groups in total. The van der Waals surface area contributed by atoms with E-state index in [1.807, 2.05) is 11.4 Å². The molecule has 12 heavy (non-hydrogen) atoms. The van der Waals surface area contributed by atoms with Crippen molar-refractivity contribution in [3.05, 3.63) is 20.8 Å². The first-order valence-corrected chi connectivity index (χ1v) is 6.03. The normalized spacial score (nSPS) is 10.1. The summed E-state index contributed by atoms with van der Waals surface area (Å²) in [5.41, 5.74) is 0. The summed E-state index contributed by atoms with van der Waals surface area (Å²) in [7, 11) is 0. The van der Waals surface area contributed by atoms with E-state index in [0.717, 1.165) is 10.2 Å². The maximum absolute atomic E-state index is 10.2. The SMILES string of the molecule is O=C(O)CSCc1cc(Br)cs1. The summed E-state index contributed by atoms with van der Waals surface area (Å²) in [5.74, 6) is 0.202. The second kappa shape index (κ2) is 4.89. The number of hydrogen-bond acceptors (Lipinski definition) is 3. The van der Waals surface area contributed by atoms with Gasteiger partial charge in [-0.25, -0.2) is 0 Å². The number of thiophene rings is 1. The summed E-state index contributed by atoms with van der Waals surface area (Å²) >= 11 is 6.40. The summed E-state index contributed by atoms with van der Waals surface area (Å²) in [6.07, 6.45) is 0. The zero-order chi connectivity index (χ0) is 8.97. The van der Waals surface area contributed by atoms with E-state index < -0.39 is 5.97 Å². The van der Waals surface area contributed by atoms with Gasteiger partial charge in [0.15, 0.2) is 0 Å². The fraction of sp³-hybridized carbons (Fsp3) is 0.286. The molecule has 0 bridgehead atoms. The van der Waals surface area contributed by atoms with Gasteiger partial charge >= 0.3 is 5.97 Å². The molecule has 1 rings (SSSR count). The number of thioether (sulfide) groups is 1. The van der Waals surface area contributed by atoms with E-state index in [4.69, 9.17) is 5.11 Å². The Labute approximate surface area is 87.1 Å². The van der Waals surface area contributed by atoms with Crippen molar-refractivity contribution in [1.82, 2.24) is 0 Å². The third-order valence-electron chi connectivity index (χ3n) is 1.09. The van der Waals surface area contributed by atoms with Crippen molar-refractivity contribution in [2.75, 3.05) is 5.75 Å². The van der Waals surface area contributed by atoms with Crippen LogP contribution in [0.3, 0.4) is 0 Å². The first kappa shape index (κ1) is 10.1. The molecule has 5 heteroatoms. The zero-order valence-corrected chi connectivity index (χ0v) is 9.34. The monoisotopic (exact) mass is 266 g/mol. The van der Waals surface area contributed by atoms with Crippen LogP contribution in [0, 0.1) is 0 Å². The molecule has 2 nitrogen and oxygen atoms in total. The molecule has 1 aromatic heterocycles. The van der Waals surface area contributed by atoms with E-state index in [2.05, 4.69) is 15.9 Å². The van der Waals surface area contributed by atoms with Crippen LogP contribution in [-0.4, -0.2) is 16.8 Å². The van der Waals surface area contributed by atoms with Gasteiger partial charge in [-0.2, -0.15) is 0 Å². The van der Waals surface area contributed by atoms with Gasteiger partial charge in [0.05, 0.1) is 5.75 Å².